The molecule has 7 nitrogen and oxygen atoms in total. The molecule has 1 saturated carbocycles. The number of rotatable bonds is 6. The first-order valence-corrected chi connectivity index (χ1v) is 5.89. The smallest absolute Gasteiger partial charge is 0.323 e. The summed E-state index contributed by atoms with van der Waals surface area (Å²) in [6.45, 7) is 0.618. The Bertz CT molecular complexity index is 324. The van der Waals surface area contributed by atoms with Crippen LogP contribution in [0.1, 0.15) is 26.2 Å². The van der Waals surface area contributed by atoms with Crippen LogP contribution in [0.2, 0.25) is 0 Å². The highest BCUT2D eigenvalue weighted by molar-refractivity contribution is 5.84. The Balaban J connectivity index is 2.51. The Hall–Kier alpha value is -1.79. The predicted molar refractivity (Wildman–Crippen MR) is 62.2 cm³/mol. The van der Waals surface area contributed by atoms with Crippen molar-refractivity contribution in [1.29, 1.82) is 0 Å². The first kappa shape index (κ1) is 14.3. The van der Waals surface area contributed by atoms with E-state index in [1.165, 1.54) is 0 Å². The van der Waals surface area contributed by atoms with Gasteiger partial charge in [0, 0.05) is 6.04 Å². The highest BCUT2D eigenvalue weighted by Gasteiger charge is 2.27. The molecule has 2 amide bonds. The van der Waals surface area contributed by atoms with Crippen molar-refractivity contribution in [3.8, 4) is 0 Å². The van der Waals surface area contributed by atoms with E-state index >= 15 is 0 Å². The zero-order valence-corrected chi connectivity index (χ0v) is 10.3. The molecule has 7 heteroatoms. The maximum atomic E-state index is 11.8. The number of carbonyl (C=O) groups excluding carboxylic acids is 1. The van der Waals surface area contributed by atoms with Gasteiger partial charge in [-0.25, -0.2) is 4.79 Å². The van der Waals surface area contributed by atoms with Crippen LogP contribution in [0.5, 0.6) is 0 Å². The summed E-state index contributed by atoms with van der Waals surface area (Å²) in [6.07, 6.45) is 3.22. The van der Waals surface area contributed by atoms with E-state index in [1.807, 2.05) is 6.92 Å². The number of urea groups is 1. The van der Waals surface area contributed by atoms with Crippen LogP contribution in [0.15, 0.2) is 0 Å². The third kappa shape index (κ3) is 4.23. The lowest BCUT2D eigenvalue weighted by molar-refractivity contribution is -0.140. The molecule has 1 aliphatic carbocycles. The number of carbonyl (C=O) groups is 3. The van der Waals surface area contributed by atoms with Crippen LogP contribution in [0.25, 0.3) is 0 Å². The van der Waals surface area contributed by atoms with E-state index < -0.39 is 31.1 Å². The van der Waals surface area contributed by atoms with Crippen molar-refractivity contribution in [2.24, 2.45) is 5.92 Å². The van der Waals surface area contributed by atoms with Gasteiger partial charge in [0.25, 0.3) is 0 Å². The topological polar surface area (TPSA) is 107 Å². The van der Waals surface area contributed by atoms with Gasteiger partial charge in [0.1, 0.15) is 13.1 Å². The summed E-state index contributed by atoms with van der Waals surface area (Å²) in [5, 5.41) is 19.9. The van der Waals surface area contributed by atoms with Gasteiger partial charge in [-0.2, -0.15) is 0 Å². The maximum Gasteiger partial charge on any atom is 0.323 e. The lowest BCUT2D eigenvalue weighted by atomic mass is 9.80. The molecular weight excluding hydrogens is 240 g/mol. The van der Waals surface area contributed by atoms with Crippen molar-refractivity contribution in [3.63, 3.8) is 0 Å². The Morgan fingerprint density at radius 3 is 2.06 bits per heavy atom. The largest absolute Gasteiger partial charge is 0.480 e. The maximum absolute atomic E-state index is 11.8. The van der Waals surface area contributed by atoms with Gasteiger partial charge >= 0.3 is 18.0 Å². The predicted octanol–water partition coefficient (Wildman–Crippen LogP) is 0.356. The van der Waals surface area contributed by atoms with Crippen LogP contribution in [0.4, 0.5) is 4.79 Å². The van der Waals surface area contributed by atoms with Crippen molar-refractivity contribution in [2.75, 3.05) is 13.1 Å². The SMILES string of the molecule is CC(NC(=O)N(CC(=O)O)CC(=O)O)C1CCC1. The summed E-state index contributed by atoms with van der Waals surface area (Å²) >= 11 is 0. The molecule has 0 spiro atoms. The second-order valence-electron chi connectivity index (χ2n) is 4.57. The van der Waals surface area contributed by atoms with Crippen molar-refractivity contribution in [3.05, 3.63) is 0 Å². The van der Waals surface area contributed by atoms with Crippen LogP contribution in [0.3, 0.4) is 0 Å². The van der Waals surface area contributed by atoms with Crippen LogP contribution < -0.4 is 5.32 Å². The molecule has 102 valence electrons. The number of aliphatic carboxylic acids is 2. The summed E-state index contributed by atoms with van der Waals surface area (Å²) in [7, 11) is 0. The molecule has 0 aromatic carbocycles. The van der Waals surface area contributed by atoms with Crippen LogP contribution in [0, 0.1) is 5.92 Å². The molecule has 0 saturated heterocycles. The van der Waals surface area contributed by atoms with E-state index in [0.717, 1.165) is 24.2 Å². The summed E-state index contributed by atoms with van der Waals surface area (Å²) < 4.78 is 0. The first-order valence-electron chi connectivity index (χ1n) is 5.89. The zero-order valence-electron chi connectivity index (χ0n) is 10.3. The minimum Gasteiger partial charge on any atom is -0.480 e. The highest BCUT2D eigenvalue weighted by atomic mass is 16.4. The van der Waals surface area contributed by atoms with E-state index in [4.69, 9.17) is 10.2 Å². The van der Waals surface area contributed by atoms with Crippen molar-refractivity contribution >= 4 is 18.0 Å². The number of hydrogen-bond acceptors (Lipinski definition) is 3. The number of nitrogens with one attached hydrogen (secondary N) is 1. The fourth-order valence-corrected chi connectivity index (χ4v) is 1.87. The average Bonchev–Trinajstić information content (AvgIpc) is 2.11. The molecular formula is C11H18N2O5. The Kier molecular flexibility index (Phi) is 4.94. The molecule has 1 fully saturated rings. The van der Waals surface area contributed by atoms with Gasteiger partial charge in [-0.15, -0.1) is 0 Å². The van der Waals surface area contributed by atoms with Gasteiger partial charge in [-0.1, -0.05) is 6.42 Å². The lowest BCUT2D eigenvalue weighted by Crippen LogP contribution is -2.50. The van der Waals surface area contributed by atoms with Crippen LogP contribution >= 0.6 is 0 Å². The van der Waals surface area contributed by atoms with Gasteiger partial charge < -0.3 is 20.4 Å². The summed E-state index contributed by atoms with van der Waals surface area (Å²) in [6, 6.07) is -0.699. The number of carboxylic acid groups (broad SMARTS) is 2. The molecule has 0 bridgehead atoms. The molecule has 0 heterocycles. The molecule has 18 heavy (non-hydrogen) atoms. The number of hydrogen-bond donors (Lipinski definition) is 3. The Morgan fingerprint density at radius 1 is 1.22 bits per heavy atom. The molecule has 0 aromatic rings. The van der Waals surface area contributed by atoms with Gasteiger partial charge in [0.05, 0.1) is 0 Å². The Labute approximate surface area is 105 Å². The van der Waals surface area contributed by atoms with E-state index in [1.54, 1.807) is 0 Å². The van der Waals surface area contributed by atoms with Crippen molar-refractivity contribution in [1.82, 2.24) is 10.2 Å². The molecule has 3 N–H and O–H groups in total. The minimum atomic E-state index is -1.23. The summed E-state index contributed by atoms with van der Waals surface area (Å²) in [4.78, 5) is 33.7. The molecule has 0 aromatic heterocycles. The molecule has 1 aliphatic rings. The summed E-state index contributed by atoms with van der Waals surface area (Å²) in [5.74, 6) is -2.06. The van der Waals surface area contributed by atoms with Gasteiger partial charge in [0.2, 0.25) is 0 Å². The van der Waals surface area contributed by atoms with E-state index in [2.05, 4.69) is 5.32 Å². The van der Waals surface area contributed by atoms with E-state index in [-0.39, 0.29) is 6.04 Å². The normalized spacial score (nSPS) is 16.5. The van der Waals surface area contributed by atoms with Gasteiger partial charge in [0.15, 0.2) is 0 Å². The fraction of sp³-hybridized carbons (Fsp3) is 0.727. The quantitative estimate of drug-likeness (QED) is 0.637. The van der Waals surface area contributed by atoms with Crippen molar-refractivity contribution < 1.29 is 24.6 Å². The zero-order chi connectivity index (χ0) is 13.7. The van der Waals surface area contributed by atoms with E-state index in [9.17, 15) is 14.4 Å². The van der Waals surface area contributed by atoms with Gasteiger partial charge in [-0.05, 0) is 25.7 Å². The first-order chi connectivity index (χ1) is 8.40. The summed E-state index contributed by atoms with van der Waals surface area (Å²) in [5.41, 5.74) is 0. The molecule has 0 radical (unpaired) electrons. The number of carboxylic acids is 2. The third-order valence-corrected chi connectivity index (χ3v) is 3.15. The molecule has 1 unspecified atom stereocenters. The second-order valence-corrected chi connectivity index (χ2v) is 4.57. The van der Waals surface area contributed by atoms with E-state index in [0.29, 0.717) is 5.92 Å². The van der Waals surface area contributed by atoms with Gasteiger partial charge in [-0.3, -0.25) is 9.59 Å². The fourth-order valence-electron chi connectivity index (χ4n) is 1.87. The number of nitrogens with zero attached hydrogens (tertiary/aromatic N) is 1. The lowest BCUT2D eigenvalue weighted by Gasteiger charge is -2.33. The third-order valence-electron chi connectivity index (χ3n) is 3.15. The highest BCUT2D eigenvalue weighted by Crippen LogP contribution is 2.29. The minimum absolute atomic E-state index is 0.0589. The number of amides is 2. The van der Waals surface area contributed by atoms with Crippen LogP contribution in [-0.4, -0.2) is 52.2 Å². The second kappa shape index (κ2) is 6.23. The Morgan fingerprint density at radius 2 is 1.72 bits per heavy atom. The molecule has 0 aliphatic heterocycles. The average molecular weight is 258 g/mol. The van der Waals surface area contributed by atoms with Crippen molar-refractivity contribution in [2.45, 2.75) is 32.2 Å². The molecule has 1 atom stereocenters. The standard InChI is InChI=1S/C11H18N2O5/c1-7(8-3-2-4-8)12-11(18)13(5-9(14)15)6-10(16)17/h7-8H,2-6H2,1H3,(H,12,18)(H,14,15)(H,16,17). The van der Waals surface area contributed by atoms with Crippen LogP contribution in [-0.2, 0) is 9.59 Å². The monoisotopic (exact) mass is 258 g/mol. The molecule has 1 rings (SSSR count).